The van der Waals surface area contributed by atoms with Crippen LogP contribution in [0, 0.1) is 0 Å². The average molecular weight is 543 g/mol. The van der Waals surface area contributed by atoms with Gasteiger partial charge in [0.2, 0.25) is 11.8 Å². The minimum absolute atomic E-state index is 0.124. The molecule has 3 heterocycles. The molecule has 1 fully saturated rings. The average Bonchev–Trinajstić information content (AvgIpc) is 3.27. The van der Waals surface area contributed by atoms with E-state index in [1.54, 1.807) is 18.2 Å². The van der Waals surface area contributed by atoms with Gasteiger partial charge in [-0.25, -0.2) is 0 Å². The Morgan fingerprint density at radius 2 is 1.79 bits per heavy atom. The molecule has 1 N–H and O–H groups in total. The molecular formula is C30H27ClN4O4. The molecule has 6 rings (SSSR count). The zero-order chi connectivity index (χ0) is 26.9. The first-order valence-corrected chi connectivity index (χ1v) is 13.2. The maximum Gasteiger partial charge on any atom is 0.238 e. The first-order chi connectivity index (χ1) is 19.0. The van der Waals surface area contributed by atoms with Crippen molar-refractivity contribution in [1.82, 2.24) is 9.80 Å². The topological polar surface area (TPSA) is 83.5 Å². The predicted molar refractivity (Wildman–Crippen MR) is 150 cm³/mol. The van der Waals surface area contributed by atoms with E-state index in [-0.39, 0.29) is 11.8 Å². The molecule has 3 aromatic carbocycles. The molecule has 0 aliphatic carbocycles. The van der Waals surface area contributed by atoms with E-state index < -0.39 is 5.92 Å². The molecular weight excluding hydrogens is 516 g/mol. The molecule has 0 aromatic heterocycles. The number of carbonyl (C=O) groups is 2. The van der Waals surface area contributed by atoms with Crippen molar-refractivity contribution < 1.29 is 19.1 Å². The van der Waals surface area contributed by atoms with Gasteiger partial charge in [-0.15, -0.1) is 0 Å². The van der Waals surface area contributed by atoms with E-state index in [1.807, 2.05) is 47.4 Å². The van der Waals surface area contributed by atoms with Crippen molar-refractivity contribution in [2.75, 3.05) is 38.5 Å². The highest BCUT2D eigenvalue weighted by Crippen LogP contribution is 2.42. The summed E-state index contributed by atoms with van der Waals surface area (Å²) in [5.74, 6) is 0.264. The van der Waals surface area contributed by atoms with Crippen molar-refractivity contribution in [3.63, 3.8) is 0 Å². The van der Waals surface area contributed by atoms with Crippen LogP contribution >= 0.6 is 11.6 Å². The second-order valence-electron chi connectivity index (χ2n) is 9.82. The lowest BCUT2D eigenvalue weighted by atomic mass is 9.90. The fourth-order valence-corrected chi connectivity index (χ4v) is 5.26. The third-order valence-electron chi connectivity index (χ3n) is 7.21. The van der Waals surface area contributed by atoms with Gasteiger partial charge in [-0.2, -0.15) is 0 Å². The van der Waals surface area contributed by atoms with E-state index in [1.165, 1.54) is 12.5 Å². The molecule has 2 amide bonds. The number of nitrogens with zero attached hydrogens (tertiary/aromatic N) is 3. The van der Waals surface area contributed by atoms with Gasteiger partial charge in [-0.3, -0.25) is 14.6 Å². The van der Waals surface area contributed by atoms with Gasteiger partial charge in [0, 0.05) is 42.5 Å². The summed E-state index contributed by atoms with van der Waals surface area (Å²) in [5.41, 5.74) is 4.17. The van der Waals surface area contributed by atoms with Crippen molar-refractivity contribution in [2.24, 2.45) is 4.99 Å². The van der Waals surface area contributed by atoms with Crippen LogP contribution in [0.2, 0.25) is 5.02 Å². The van der Waals surface area contributed by atoms with Gasteiger partial charge >= 0.3 is 0 Å². The molecule has 1 saturated heterocycles. The molecule has 1 atom stereocenters. The quantitative estimate of drug-likeness (QED) is 0.470. The summed E-state index contributed by atoms with van der Waals surface area (Å²) in [4.78, 5) is 35.2. The lowest BCUT2D eigenvalue weighted by molar-refractivity contribution is -0.132. The molecule has 3 aliphatic heterocycles. The summed E-state index contributed by atoms with van der Waals surface area (Å²) in [6.07, 6.45) is 3.26. The van der Waals surface area contributed by atoms with Gasteiger partial charge in [0.05, 0.1) is 17.8 Å². The lowest BCUT2D eigenvalue weighted by Crippen LogP contribution is -2.47. The molecule has 0 spiro atoms. The van der Waals surface area contributed by atoms with E-state index in [0.717, 1.165) is 37.3 Å². The number of likely N-dealkylation sites (N-methyl/N-ethyl adjacent to an activating group) is 1. The van der Waals surface area contributed by atoms with E-state index in [4.69, 9.17) is 26.1 Å². The summed E-state index contributed by atoms with van der Waals surface area (Å²) in [5, 5.41) is 3.47. The number of ether oxygens (including phenoxy) is 2. The number of para-hydroxylation sites is 1. The number of hydrogen-bond donors (Lipinski definition) is 1. The zero-order valence-corrected chi connectivity index (χ0v) is 22.1. The van der Waals surface area contributed by atoms with Crippen molar-refractivity contribution in [1.29, 1.82) is 0 Å². The van der Waals surface area contributed by atoms with Crippen molar-refractivity contribution in [3.05, 3.63) is 94.9 Å². The Kier molecular flexibility index (Phi) is 6.81. The first kappa shape index (κ1) is 25.2. The van der Waals surface area contributed by atoms with Crippen LogP contribution in [0.5, 0.6) is 11.5 Å². The number of piperazine rings is 1. The van der Waals surface area contributed by atoms with Crippen molar-refractivity contribution in [3.8, 4) is 11.5 Å². The fraction of sp³-hybridized carbons (Fsp3) is 0.233. The van der Waals surface area contributed by atoms with Crippen LogP contribution in [0.25, 0.3) is 0 Å². The molecule has 0 bridgehead atoms. The van der Waals surface area contributed by atoms with Crippen LogP contribution in [0.1, 0.15) is 22.6 Å². The highest BCUT2D eigenvalue weighted by Gasteiger charge is 2.37. The molecule has 8 nitrogen and oxygen atoms in total. The maximum absolute atomic E-state index is 13.3. The molecule has 9 heteroatoms. The van der Waals surface area contributed by atoms with E-state index in [9.17, 15) is 9.59 Å². The molecule has 39 heavy (non-hydrogen) atoms. The van der Waals surface area contributed by atoms with Gasteiger partial charge < -0.3 is 24.6 Å². The number of hydrogen-bond acceptors (Lipinski definition) is 6. The third kappa shape index (κ3) is 5.13. The van der Waals surface area contributed by atoms with Crippen molar-refractivity contribution in [2.45, 2.75) is 12.3 Å². The highest BCUT2D eigenvalue weighted by atomic mass is 35.5. The second kappa shape index (κ2) is 10.6. The predicted octanol–water partition coefficient (Wildman–Crippen LogP) is 4.76. The summed E-state index contributed by atoms with van der Waals surface area (Å²) in [6.45, 7) is 3.28. The second-order valence-corrected chi connectivity index (χ2v) is 10.3. The first-order valence-electron chi connectivity index (χ1n) is 12.8. The van der Waals surface area contributed by atoms with E-state index in [2.05, 4.69) is 17.3 Å². The highest BCUT2D eigenvalue weighted by molar-refractivity contribution is 6.31. The van der Waals surface area contributed by atoms with Crippen LogP contribution in [-0.2, 0) is 16.0 Å². The Hall–Kier alpha value is -4.14. The Morgan fingerprint density at radius 3 is 2.59 bits per heavy atom. The Balaban J connectivity index is 1.34. The molecule has 0 saturated carbocycles. The van der Waals surface area contributed by atoms with Crippen molar-refractivity contribution >= 4 is 40.5 Å². The zero-order valence-electron chi connectivity index (χ0n) is 21.4. The molecule has 3 aliphatic rings. The van der Waals surface area contributed by atoms with Crippen LogP contribution in [0.3, 0.4) is 0 Å². The van der Waals surface area contributed by atoms with E-state index >= 15 is 0 Å². The summed E-state index contributed by atoms with van der Waals surface area (Å²) < 4.78 is 11.4. The minimum Gasteiger partial charge on any atom is -0.458 e. The molecule has 1 unspecified atom stereocenters. The fourth-order valence-electron chi connectivity index (χ4n) is 5.08. The lowest BCUT2D eigenvalue weighted by Gasteiger charge is -2.32. The van der Waals surface area contributed by atoms with E-state index in [0.29, 0.717) is 45.6 Å². The van der Waals surface area contributed by atoms with Gasteiger partial charge in [-0.1, -0.05) is 35.9 Å². The number of halogens is 1. The SMILES string of the molecule is CN1CCN(C(=O)Cc2ccc(N=C(c3cccc4c3OC=CO4)C3C(=O)Nc4cc(Cl)ccc43)cc2)CC1. The number of carbonyl (C=O) groups excluding carboxylic acids is 2. The largest absolute Gasteiger partial charge is 0.458 e. The molecule has 198 valence electrons. The maximum atomic E-state index is 13.3. The normalized spacial score (nSPS) is 18.6. The number of nitrogens with one attached hydrogen (secondary N) is 1. The number of fused-ring (bicyclic) bond motifs is 2. The Bertz CT molecular complexity index is 1490. The van der Waals surface area contributed by atoms with Gasteiger partial charge in [0.25, 0.3) is 0 Å². The van der Waals surface area contributed by atoms with Crippen LogP contribution in [0.15, 0.2) is 78.2 Å². The number of amides is 2. The summed E-state index contributed by atoms with van der Waals surface area (Å²) in [7, 11) is 2.07. The monoisotopic (exact) mass is 542 g/mol. The Morgan fingerprint density at radius 1 is 1.03 bits per heavy atom. The van der Waals surface area contributed by atoms with Gasteiger partial charge in [0.1, 0.15) is 18.4 Å². The smallest absolute Gasteiger partial charge is 0.238 e. The molecule has 3 aromatic rings. The summed E-state index contributed by atoms with van der Waals surface area (Å²) >= 11 is 6.19. The number of anilines is 1. The van der Waals surface area contributed by atoms with Gasteiger partial charge in [0.15, 0.2) is 11.5 Å². The minimum atomic E-state index is -0.684. The standard InChI is InChI=1S/C30H27ClN4O4/c1-34-11-13-35(14-12-34)26(36)17-19-5-8-21(9-6-19)32-28(23-3-2-4-25-29(23)39-16-15-38-25)27-22-10-7-20(31)18-24(22)33-30(27)37/h2-10,15-16,18,27H,11-14,17H2,1H3,(H,33,37). The Labute approximate surface area is 231 Å². The van der Waals surface area contributed by atoms with Crippen LogP contribution in [-0.4, -0.2) is 60.6 Å². The molecule has 0 radical (unpaired) electrons. The van der Waals surface area contributed by atoms with Crippen LogP contribution < -0.4 is 14.8 Å². The third-order valence-corrected chi connectivity index (χ3v) is 7.44. The number of aliphatic imine (C=N–C) groups is 1. The number of benzene rings is 3. The summed E-state index contributed by atoms with van der Waals surface area (Å²) in [6, 6.07) is 18.4. The number of rotatable bonds is 5. The van der Waals surface area contributed by atoms with Crippen LogP contribution in [0.4, 0.5) is 11.4 Å². The van der Waals surface area contributed by atoms with Gasteiger partial charge in [-0.05, 0) is 54.6 Å².